The molecule has 1 aromatic carbocycles. The summed E-state index contributed by atoms with van der Waals surface area (Å²) in [5.74, 6) is 1.92. The van der Waals surface area contributed by atoms with E-state index in [0.29, 0.717) is 6.04 Å². The molecule has 3 rings (SSSR count). The number of guanidine groups is 1. The van der Waals surface area contributed by atoms with Gasteiger partial charge in [-0.05, 0) is 37.8 Å². The second kappa shape index (κ2) is 6.29. The van der Waals surface area contributed by atoms with Crippen molar-refractivity contribution < 1.29 is 0 Å². The first-order valence-electron chi connectivity index (χ1n) is 7.96. The van der Waals surface area contributed by atoms with Crippen LogP contribution in [0, 0.1) is 5.92 Å². The molecule has 0 unspecified atom stereocenters. The van der Waals surface area contributed by atoms with Crippen molar-refractivity contribution in [3.8, 4) is 0 Å². The monoisotopic (exact) mass is 271 g/mol. The van der Waals surface area contributed by atoms with Crippen molar-refractivity contribution in [3.63, 3.8) is 0 Å². The topological polar surface area (TPSA) is 27.6 Å². The van der Waals surface area contributed by atoms with Crippen LogP contribution in [0.3, 0.4) is 0 Å². The SMILES string of the molecule is C[C@H]1CN=C(Nc2ccccc2)N1CC1CCCCC1. The summed E-state index contributed by atoms with van der Waals surface area (Å²) < 4.78 is 0. The van der Waals surface area contributed by atoms with E-state index in [9.17, 15) is 0 Å². The fourth-order valence-electron chi connectivity index (χ4n) is 3.29. The number of hydrogen-bond donors (Lipinski definition) is 1. The summed E-state index contributed by atoms with van der Waals surface area (Å²) in [6.45, 7) is 4.37. The number of anilines is 1. The first-order chi connectivity index (χ1) is 9.83. The first-order valence-corrected chi connectivity index (χ1v) is 7.96. The summed E-state index contributed by atoms with van der Waals surface area (Å²) in [6, 6.07) is 10.9. The van der Waals surface area contributed by atoms with Gasteiger partial charge >= 0.3 is 0 Å². The van der Waals surface area contributed by atoms with Crippen LogP contribution < -0.4 is 5.32 Å². The van der Waals surface area contributed by atoms with Gasteiger partial charge in [-0.25, -0.2) is 0 Å². The molecular weight excluding hydrogens is 246 g/mol. The number of nitrogens with one attached hydrogen (secondary N) is 1. The van der Waals surface area contributed by atoms with Gasteiger partial charge in [0.1, 0.15) is 0 Å². The molecule has 2 aliphatic rings. The number of rotatable bonds is 3. The largest absolute Gasteiger partial charge is 0.338 e. The second-order valence-electron chi connectivity index (χ2n) is 6.16. The molecule has 1 N–H and O–H groups in total. The number of hydrogen-bond acceptors (Lipinski definition) is 3. The van der Waals surface area contributed by atoms with Crippen LogP contribution in [0.2, 0.25) is 0 Å². The highest BCUT2D eigenvalue weighted by atomic mass is 15.4. The van der Waals surface area contributed by atoms with E-state index < -0.39 is 0 Å². The van der Waals surface area contributed by atoms with E-state index in [-0.39, 0.29) is 0 Å². The molecule has 0 bridgehead atoms. The highest BCUT2D eigenvalue weighted by molar-refractivity contribution is 5.94. The zero-order valence-corrected chi connectivity index (χ0v) is 12.4. The molecule has 1 aliphatic carbocycles. The van der Waals surface area contributed by atoms with Crippen LogP contribution in [-0.4, -0.2) is 30.0 Å². The maximum Gasteiger partial charge on any atom is 0.198 e. The Hall–Kier alpha value is -1.51. The Labute approximate surface area is 122 Å². The Bertz CT molecular complexity index is 449. The molecule has 0 aromatic heterocycles. The molecule has 0 saturated heterocycles. The Kier molecular flexibility index (Phi) is 4.24. The molecule has 1 fully saturated rings. The van der Waals surface area contributed by atoms with Crippen LogP contribution in [0.15, 0.2) is 35.3 Å². The molecule has 1 aliphatic heterocycles. The van der Waals surface area contributed by atoms with Gasteiger partial charge in [-0.2, -0.15) is 0 Å². The molecular formula is C17H25N3. The van der Waals surface area contributed by atoms with Crippen molar-refractivity contribution in [1.82, 2.24) is 4.90 Å². The maximum absolute atomic E-state index is 4.69. The molecule has 108 valence electrons. The van der Waals surface area contributed by atoms with Gasteiger partial charge in [0.15, 0.2) is 5.96 Å². The zero-order valence-electron chi connectivity index (χ0n) is 12.4. The van der Waals surface area contributed by atoms with E-state index >= 15 is 0 Å². The van der Waals surface area contributed by atoms with Gasteiger partial charge in [0.05, 0.1) is 6.54 Å². The van der Waals surface area contributed by atoms with Crippen LogP contribution in [0.1, 0.15) is 39.0 Å². The quantitative estimate of drug-likeness (QED) is 0.907. The van der Waals surface area contributed by atoms with Crippen LogP contribution in [-0.2, 0) is 0 Å². The van der Waals surface area contributed by atoms with Gasteiger partial charge in [0.25, 0.3) is 0 Å². The van der Waals surface area contributed by atoms with Crippen molar-refractivity contribution in [2.45, 2.75) is 45.1 Å². The fourth-order valence-corrected chi connectivity index (χ4v) is 3.29. The minimum atomic E-state index is 0.531. The van der Waals surface area contributed by atoms with E-state index in [0.717, 1.165) is 24.1 Å². The second-order valence-corrected chi connectivity index (χ2v) is 6.16. The van der Waals surface area contributed by atoms with Crippen molar-refractivity contribution >= 4 is 11.6 Å². The van der Waals surface area contributed by atoms with Crippen molar-refractivity contribution in [2.75, 3.05) is 18.4 Å². The maximum atomic E-state index is 4.69. The zero-order chi connectivity index (χ0) is 13.8. The number of benzene rings is 1. The van der Waals surface area contributed by atoms with E-state index in [1.54, 1.807) is 0 Å². The molecule has 3 heteroatoms. The van der Waals surface area contributed by atoms with E-state index in [1.807, 2.05) is 6.07 Å². The van der Waals surface area contributed by atoms with Gasteiger partial charge in [-0.3, -0.25) is 4.99 Å². The van der Waals surface area contributed by atoms with Gasteiger partial charge in [0.2, 0.25) is 0 Å². The van der Waals surface area contributed by atoms with Crippen LogP contribution in [0.4, 0.5) is 5.69 Å². The fraction of sp³-hybridized carbons (Fsp3) is 0.588. The lowest BCUT2D eigenvalue weighted by molar-refractivity contribution is 0.252. The highest BCUT2D eigenvalue weighted by Crippen LogP contribution is 2.26. The molecule has 20 heavy (non-hydrogen) atoms. The Morgan fingerprint density at radius 3 is 2.65 bits per heavy atom. The third-order valence-corrected chi connectivity index (χ3v) is 4.52. The first kappa shape index (κ1) is 13.5. The molecule has 1 atom stereocenters. The standard InChI is InChI=1S/C17H25N3/c1-14-12-18-17(19-16-10-6-3-7-11-16)20(14)13-15-8-4-2-5-9-15/h3,6-7,10-11,14-15H,2,4-5,8-9,12-13H2,1H3,(H,18,19)/t14-/m0/s1. The van der Waals surface area contributed by atoms with E-state index in [2.05, 4.69) is 41.4 Å². The number of aliphatic imine (C=N–C) groups is 1. The summed E-state index contributed by atoms with van der Waals surface area (Å²) in [7, 11) is 0. The summed E-state index contributed by atoms with van der Waals surface area (Å²) >= 11 is 0. The van der Waals surface area contributed by atoms with Crippen LogP contribution >= 0.6 is 0 Å². The predicted octanol–water partition coefficient (Wildman–Crippen LogP) is 3.74. The minimum Gasteiger partial charge on any atom is -0.338 e. The molecule has 1 heterocycles. The lowest BCUT2D eigenvalue weighted by atomic mass is 9.89. The average molecular weight is 271 g/mol. The summed E-state index contributed by atoms with van der Waals surface area (Å²) in [6.07, 6.45) is 7.02. The van der Waals surface area contributed by atoms with Gasteiger partial charge < -0.3 is 10.2 Å². The predicted molar refractivity (Wildman–Crippen MR) is 85.1 cm³/mol. The Morgan fingerprint density at radius 2 is 1.90 bits per heavy atom. The van der Waals surface area contributed by atoms with Gasteiger partial charge in [0, 0.05) is 18.3 Å². The van der Waals surface area contributed by atoms with Crippen molar-refractivity contribution in [1.29, 1.82) is 0 Å². The molecule has 0 spiro atoms. The van der Waals surface area contributed by atoms with E-state index in [1.165, 1.54) is 38.6 Å². The smallest absolute Gasteiger partial charge is 0.198 e. The Balaban J connectivity index is 1.63. The van der Waals surface area contributed by atoms with Crippen LogP contribution in [0.25, 0.3) is 0 Å². The van der Waals surface area contributed by atoms with Gasteiger partial charge in [-0.1, -0.05) is 37.5 Å². The average Bonchev–Trinajstić information content (AvgIpc) is 2.83. The lowest BCUT2D eigenvalue weighted by Crippen LogP contribution is -2.42. The normalized spacial score (nSPS) is 23.8. The van der Waals surface area contributed by atoms with Crippen LogP contribution in [0.5, 0.6) is 0 Å². The number of nitrogens with zero attached hydrogens (tertiary/aromatic N) is 2. The summed E-state index contributed by atoms with van der Waals surface area (Å²) in [5.41, 5.74) is 1.13. The third kappa shape index (κ3) is 3.14. The van der Waals surface area contributed by atoms with E-state index in [4.69, 9.17) is 4.99 Å². The third-order valence-electron chi connectivity index (χ3n) is 4.52. The molecule has 0 amide bonds. The summed E-state index contributed by atoms with van der Waals surface area (Å²) in [5, 5.41) is 3.49. The number of para-hydroxylation sites is 1. The minimum absolute atomic E-state index is 0.531. The Morgan fingerprint density at radius 1 is 1.15 bits per heavy atom. The van der Waals surface area contributed by atoms with Crippen molar-refractivity contribution in [2.24, 2.45) is 10.9 Å². The van der Waals surface area contributed by atoms with Crippen molar-refractivity contribution in [3.05, 3.63) is 30.3 Å². The molecule has 3 nitrogen and oxygen atoms in total. The summed E-state index contributed by atoms with van der Waals surface area (Å²) in [4.78, 5) is 7.17. The molecule has 1 aromatic rings. The lowest BCUT2D eigenvalue weighted by Gasteiger charge is -2.32. The van der Waals surface area contributed by atoms with Gasteiger partial charge in [-0.15, -0.1) is 0 Å². The molecule has 1 saturated carbocycles. The highest BCUT2D eigenvalue weighted by Gasteiger charge is 2.27. The molecule has 0 radical (unpaired) electrons.